The van der Waals surface area contributed by atoms with E-state index in [0.717, 1.165) is 12.1 Å². The zero-order chi connectivity index (χ0) is 12.1. The summed E-state index contributed by atoms with van der Waals surface area (Å²) in [5.74, 6) is -0.899. The van der Waals surface area contributed by atoms with E-state index in [-0.39, 0.29) is 17.4 Å². The van der Waals surface area contributed by atoms with Gasteiger partial charge in [0, 0.05) is 6.07 Å². The Balaban J connectivity index is 2.95. The van der Waals surface area contributed by atoms with E-state index >= 15 is 0 Å². The Hall–Kier alpha value is -1.40. The number of hydrogen-bond donors (Lipinski definition) is 1. The molecule has 0 amide bonds. The van der Waals surface area contributed by atoms with E-state index in [0.29, 0.717) is 13.0 Å². The molecular formula is C9H10ClFN2O3. The SMILES string of the molecule is NCCCOc1cc(Cl)c(F)cc1[N+](=O)[O-]. The van der Waals surface area contributed by atoms with Gasteiger partial charge >= 0.3 is 5.69 Å². The predicted octanol–water partition coefficient (Wildman–Crippen LogP) is 2.11. The fourth-order valence-corrected chi connectivity index (χ4v) is 1.20. The second-order valence-corrected chi connectivity index (χ2v) is 3.39. The lowest BCUT2D eigenvalue weighted by molar-refractivity contribution is -0.386. The molecule has 0 fully saturated rings. The zero-order valence-corrected chi connectivity index (χ0v) is 9.04. The van der Waals surface area contributed by atoms with Crippen molar-refractivity contribution >= 4 is 17.3 Å². The Morgan fingerprint density at radius 3 is 2.81 bits per heavy atom. The van der Waals surface area contributed by atoms with Crippen molar-refractivity contribution in [2.45, 2.75) is 6.42 Å². The largest absolute Gasteiger partial charge is 0.487 e. The standard InChI is InChI=1S/C9H10ClFN2O3/c10-6-4-9(16-3-1-2-12)8(13(14)15)5-7(6)11/h4-5H,1-3,12H2. The van der Waals surface area contributed by atoms with Gasteiger partial charge < -0.3 is 10.5 Å². The first-order valence-corrected chi connectivity index (χ1v) is 4.90. The fourth-order valence-electron chi connectivity index (χ4n) is 1.04. The Morgan fingerprint density at radius 1 is 1.56 bits per heavy atom. The number of halogens is 2. The Kier molecular flexibility index (Phi) is 4.45. The van der Waals surface area contributed by atoms with Gasteiger partial charge in [-0.2, -0.15) is 0 Å². The van der Waals surface area contributed by atoms with Crippen LogP contribution in [0.25, 0.3) is 0 Å². The molecule has 0 aromatic heterocycles. The first-order valence-electron chi connectivity index (χ1n) is 4.52. The van der Waals surface area contributed by atoms with Gasteiger partial charge in [0.05, 0.1) is 22.6 Å². The smallest absolute Gasteiger partial charge is 0.313 e. The maximum atomic E-state index is 13.0. The van der Waals surface area contributed by atoms with Crippen molar-refractivity contribution in [3.63, 3.8) is 0 Å². The molecule has 16 heavy (non-hydrogen) atoms. The highest BCUT2D eigenvalue weighted by molar-refractivity contribution is 6.31. The van der Waals surface area contributed by atoms with Gasteiger partial charge in [-0.05, 0) is 13.0 Å². The Morgan fingerprint density at radius 2 is 2.25 bits per heavy atom. The summed E-state index contributed by atoms with van der Waals surface area (Å²) in [5, 5.41) is 10.4. The molecule has 0 saturated carbocycles. The van der Waals surface area contributed by atoms with Crippen molar-refractivity contribution in [1.29, 1.82) is 0 Å². The van der Waals surface area contributed by atoms with Crippen molar-refractivity contribution in [2.75, 3.05) is 13.2 Å². The topological polar surface area (TPSA) is 78.4 Å². The van der Waals surface area contributed by atoms with Gasteiger partial charge in [0.1, 0.15) is 5.82 Å². The van der Waals surface area contributed by atoms with Crippen LogP contribution in [-0.2, 0) is 0 Å². The van der Waals surface area contributed by atoms with Gasteiger partial charge in [-0.25, -0.2) is 4.39 Å². The van der Waals surface area contributed by atoms with Crippen LogP contribution in [0, 0.1) is 15.9 Å². The van der Waals surface area contributed by atoms with E-state index in [4.69, 9.17) is 22.1 Å². The van der Waals surface area contributed by atoms with Crippen LogP contribution >= 0.6 is 11.6 Å². The van der Waals surface area contributed by atoms with E-state index < -0.39 is 16.4 Å². The molecule has 0 spiro atoms. The number of nitrogens with zero attached hydrogens (tertiary/aromatic N) is 1. The normalized spacial score (nSPS) is 10.2. The molecule has 1 aromatic rings. The lowest BCUT2D eigenvalue weighted by atomic mass is 10.3. The minimum absolute atomic E-state index is 0.0511. The van der Waals surface area contributed by atoms with Gasteiger partial charge in [0.25, 0.3) is 0 Å². The van der Waals surface area contributed by atoms with Gasteiger partial charge in [0.2, 0.25) is 0 Å². The summed E-state index contributed by atoms with van der Waals surface area (Å²) in [7, 11) is 0. The van der Waals surface area contributed by atoms with E-state index in [2.05, 4.69) is 0 Å². The molecule has 0 heterocycles. The Labute approximate surface area is 96.1 Å². The molecule has 0 saturated heterocycles. The number of benzene rings is 1. The summed E-state index contributed by atoms with van der Waals surface area (Å²) >= 11 is 5.50. The van der Waals surface area contributed by atoms with Crippen LogP contribution < -0.4 is 10.5 Å². The molecule has 0 atom stereocenters. The number of nitro groups is 1. The molecule has 1 aromatic carbocycles. The molecule has 88 valence electrons. The number of nitro benzene ring substituents is 1. The van der Waals surface area contributed by atoms with Crippen molar-refractivity contribution in [3.05, 3.63) is 33.1 Å². The molecule has 0 bridgehead atoms. The minimum Gasteiger partial charge on any atom is -0.487 e. The Bertz CT molecular complexity index is 401. The van der Waals surface area contributed by atoms with E-state index in [9.17, 15) is 14.5 Å². The third-order valence-electron chi connectivity index (χ3n) is 1.80. The van der Waals surface area contributed by atoms with Crippen LogP contribution in [-0.4, -0.2) is 18.1 Å². The lowest BCUT2D eigenvalue weighted by Crippen LogP contribution is -2.07. The predicted molar refractivity (Wildman–Crippen MR) is 57.2 cm³/mol. The number of nitrogens with two attached hydrogens (primary N) is 1. The molecule has 2 N–H and O–H groups in total. The first kappa shape index (κ1) is 12.7. The highest BCUT2D eigenvalue weighted by atomic mass is 35.5. The van der Waals surface area contributed by atoms with Crippen LogP contribution in [0.4, 0.5) is 10.1 Å². The van der Waals surface area contributed by atoms with Gasteiger partial charge in [-0.15, -0.1) is 0 Å². The van der Waals surface area contributed by atoms with Crippen molar-refractivity contribution in [2.24, 2.45) is 5.73 Å². The first-order chi connectivity index (χ1) is 7.56. The third-order valence-corrected chi connectivity index (χ3v) is 2.09. The third kappa shape index (κ3) is 3.04. The van der Waals surface area contributed by atoms with Crippen LogP contribution in [0.3, 0.4) is 0 Å². The van der Waals surface area contributed by atoms with Crippen LogP contribution in [0.2, 0.25) is 5.02 Å². The number of rotatable bonds is 5. The summed E-state index contributed by atoms with van der Waals surface area (Å²) in [4.78, 5) is 9.88. The van der Waals surface area contributed by atoms with E-state index in [1.54, 1.807) is 0 Å². The minimum atomic E-state index is -0.848. The fraction of sp³-hybridized carbons (Fsp3) is 0.333. The second-order valence-electron chi connectivity index (χ2n) is 2.98. The van der Waals surface area contributed by atoms with Gasteiger partial charge in [-0.1, -0.05) is 11.6 Å². The molecule has 7 heteroatoms. The second kappa shape index (κ2) is 5.62. The number of ether oxygens (including phenoxy) is 1. The summed E-state index contributed by atoms with van der Waals surface area (Å²) in [6.45, 7) is 0.627. The monoisotopic (exact) mass is 248 g/mol. The summed E-state index contributed by atoms with van der Waals surface area (Å²) in [6.07, 6.45) is 0.548. The average Bonchev–Trinajstić information content (AvgIpc) is 2.23. The van der Waals surface area contributed by atoms with E-state index in [1.165, 1.54) is 0 Å². The van der Waals surface area contributed by atoms with Crippen LogP contribution in [0.15, 0.2) is 12.1 Å². The maximum absolute atomic E-state index is 13.0. The quantitative estimate of drug-likeness (QED) is 0.492. The summed E-state index contributed by atoms with van der Waals surface area (Å²) < 4.78 is 18.1. The van der Waals surface area contributed by atoms with Crippen LogP contribution in [0.1, 0.15) is 6.42 Å². The average molecular weight is 249 g/mol. The van der Waals surface area contributed by atoms with Crippen molar-refractivity contribution in [1.82, 2.24) is 0 Å². The summed E-state index contributed by atoms with van der Waals surface area (Å²) in [5.41, 5.74) is 4.80. The van der Waals surface area contributed by atoms with Crippen molar-refractivity contribution < 1.29 is 14.1 Å². The molecule has 0 aliphatic carbocycles. The van der Waals surface area contributed by atoms with Gasteiger partial charge in [-0.3, -0.25) is 10.1 Å². The molecular weight excluding hydrogens is 239 g/mol. The number of hydrogen-bond acceptors (Lipinski definition) is 4. The summed E-state index contributed by atoms with van der Waals surface area (Å²) in [6, 6.07) is 1.83. The molecule has 5 nitrogen and oxygen atoms in total. The van der Waals surface area contributed by atoms with Crippen LogP contribution in [0.5, 0.6) is 5.75 Å². The highest BCUT2D eigenvalue weighted by Gasteiger charge is 2.18. The van der Waals surface area contributed by atoms with Gasteiger partial charge in [0.15, 0.2) is 5.75 Å². The lowest BCUT2D eigenvalue weighted by Gasteiger charge is -2.06. The maximum Gasteiger partial charge on any atom is 0.313 e. The molecule has 0 radical (unpaired) electrons. The van der Waals surface area contributed by atoms with E-state index in [1.807, 2.05) is 0 Å². The molecule has 0 aliphatic rings. The molecule has 0 aliphatic heterocycles. The highest BCUT2D eigenvalue weighted by Crippen LogP contribution is 2.32. The zero-order valence-electron chi connectivity index (χ0n) is 8.28. The molecule has 0 unspecified atom stereocenters. The van der Waals surface area contributed by atoms with Crippen molar-refractivity contribution in [3.8, 4) is 5.75 Å². The molecule has 1 rings (SSSR count).